The fourth-order valence-corrected chi connectivity index (χ4v) is 3.43. The molecule has 1 rings (SSSR count). The van der Waals surface area contributed by atoms with Crippen LogP contribution < -0.4 is 0 Å². The molecule has 0 amide bonds. The van der Waals surface area contributed by atoms with Gasteiger partial charge in [0, 0.05) is 4.47 Å². The van der Waals surface area contributed by atoms with Crippen molar-refractivity contribution in [3.8, 4) is 0 Å². The molecule has 29 heavy (non-hydrogen) atoms. The maximum Gasteiger partial charge on any atom is 0.0181 e. The minimum Gasteiger partial charge on any atom is -0.306 e. The molecule has 0 aliphatic carbocycles. The second kappa shape index (κ2) is 19.4. The summed E-state index contributed by atoms with van der Waals surface area (Å²) in [5, 5.41) is 0. The summed E-state index contributed by atoms with van der Waals surface area (Å²) in [6, 6.07) is 6.45. The standard InChI is InChI=1S/C13H17Br.C7H17N.C7H16/c1-5-9(2)11(4)13-8-12(14)7-6-10(13)3;1-4-6-8(3)7-5-2;1-4-6-7(3)5-2/h6-8H,5H2,1-4H3;4-7H2,1-3H3;7H,4-6H2,1-3H3/b11-9-;;. The van der Waals surface area contributed by atoms with Crippen LogP contribution in [0, 0.1) is 12.8 Å². The van der Waals surface area contributed by atoms with Gasteiger partial charge in [-0.05, 0) is 94.9 Å². The largest absolute Gasteiger partial charge is 0.306 e. The molecule has 0 aliphatic rings. The molecule has 1 atom stereocenters. The Morgan fingerprint density at radius 2 is 1.52 bits per heavy atom. The Morgan fingerprint density at radius 1 is 0.966 bits per heavy atom. The zero-order valence-electron chi connectivity index (χ0n) is 21.3. The Bertz CT molecular complexity index is 541. The fraction of sp³-hybridized carbons (Fsp3) is 0.704. The van der Waals surface area contributed by atoms with Gasteiger partial charge in [-0.3, -0.25) is 0 Å². The minimum absolute atomic E-state index is 0.949. The molecule has 0 aromatic heterocycles. The summed E-state index contributed by atoms with van der Waals surface area (Å²) < 4.78 is 1.15. The second-order valence-corrected chi connectivity index (χ2v) is 9.24. The normalized spacial score (nSPS) is 12.4. The van der Waals surface area contributed by atoms with Gasteiger partial charge < -0.3 is 4.90 Å². The van der Waals surface area contributed by atoms with Crippen LogP contribution in [0.5, 0.6) is 0 Å². The van der Waals surface area contributed by atoms with Crippen molar-refractivity contribution in [1.29, 1.82) is 0 Å². The van der Waals surface area contributed by atoms with Crippen molar-refractivity contribution >= 4 is 21.5 Å². The molecule has 0 N–H and O–H groups in total. The third-order valence-electron chi connectivity index (χ3n) is 5.46. The van der Waals surface area contributed by atoms with Crippen LogP contribution in [0.1, 0.15) is 105 Å². The molecular weight excluding hydrogens is 418 g/mol. The molecule has 170 valence electrons. The lowest BCUT2D eigenvalue weighted by atomic mass is 9.97. The molecule has 0 radical (unpaired) electrons. The van der Waals surface area contributed by atoms with Crippen LogP contribution in [0.2, 0.25) is 0 Å². The van der Waals surface area contributed by atoms with Gasteiger partial charge in [0.2, 0.25) is 0 Å². The van der Waals surface area contributed by atoms with Crippen molar-refractivity contribution in [2.24, 2.45) is 5.92 Å². The van der Waals surface area contributed by atoms with Crippen molar-refractivity contribution in [1.82, 2.24) is 4.90 Å². The molecule has 1 nitrogen and oxygen atoms in total. The van der Waals surface area contributed by atoms with E-state index in [2.05, 4.69) is 108 Å². The number of rotatable bonds is 9. The van der Waals surface area contributed by atoms with E-state index in [0.717, 1.165) is 16.8 Å². The van der Waals surface area contributed by atoms with Crippen LogP contribution in [0.25, 0.3) is 5.57 Å². The SMILES string of the molecule is CC/C(C)=C(/C)c1cc(Br)ccc1C.CCCC(C)CC.CCCN(C)CCC. The Hall–Kier alpha value is -0.600. The molecule has 1 unspecified atom stereocenters. The van der Waals surface area contributed by atoms with Crippen molar-refractivity contribution in [2.45, 2.75) is 101 Å². The van der Waals surface area contributed by atoms with Gasteiger partial charge in [0.05, 0.1) is 0 Å². The van der Waals surface area contributed by atoms with E-state index in [0.29, 0.717) is 0 Å². The number of allylic oxidation sites excluding steroid dienone is 2. The maximum absolute atomic E-state index is 3.51. The summed E-state index contributed by atoms with van der Waals surface area (Å²) in [6.45, 7) is 22.5. The number of aryl methyl sites for hydroxylation is 1. The highest BCUT2D eigenvalue weighted by Gasteiger charge is 2.03. The van der Waals surface area contributed by atoms with Gasteiger partial charge in [-0.15, -0.1) is 0 Å². The molecule has 2 heteroatoms. The van der Waals surface area contributed by atoms with Crippen LogP contribution >= 0.6 is 15.9 Å². The monoisotopic (exact) mass is 467 g/mol. The number of benzene rings is 1. The Morgan fingerprint density at radius 3 is 1.90 bits per heavy atom. The van der Waals surface area contributed by atoms with E-state index in [9.17, 15) is 0 Å². The molecule has 0 fully saturated rings. The second-order valence-electron chi connectivity index (χ2n) is 8.32. The number of hydrogen-bond acceptors (Lipinski definition) is 1. The van der Waals surface area contributed by atoms with Crippen molar-refractivity contribution in [3.05, 3.63) is 39.4 Å². The van der Waals surface area contributed by atoms with E-state index in [-0.39, 0.29) is 0 Å². The third kappa shape index (κ3) is 15.8. The van der Waals surface area contributed by atoms with Crippen LogP contribution in [0.15, 0.2) is 28.2 Å². The average molecular weight is 469 g/mol. The smallest absolute Gasteiger partial charge is 0.0181 e. The Kier molecular flexibility index (Phi) is 20.4. The molecular formula is C27H50BrN. The first-order valence-electron chi connectivity index (χ1n) is 11.8. The van der Waals surface area contributed by atoms with Gasteiger partial charge in [-0.1, -0.05) is 88.4 Å². The average Bonchev–Trinajstić information content (AvgIpc) is 2.70. The molecule has 0 bridgehead atoms. The van der Waals surface area contributed by atoms with E-state index in [4.69, 9.17) is 0 Å². The molecule has 1 aromatic rings. The zero-order chi connectivity index (χ0) is 22.8. The molecule has 0 saturated carbocycles. The molecule has 1 aromatic carbocycles. The lowest BCUT2D eigenvalue weighted by Gasteiger charge is -2.12. The number of nitrogens with zero attached hydrogens (tertiary/aromatic N) is 1. The van der Waals surface area contributed by atoms with E-state index in [1.807, 2.05) is 0 Å². The van der Waals surface area contributed by atoms with Crippen molar-refractivity contribution < 1.29 is 0 Å². The maximum atomic E-state index is 3.51. The predicted molar refractivity (Wildman–Crippen MR) is 140 cm³/mol. The summed E-state index contributed by atoms with van der Waals surface area (Å²) in [6.07, 6.45) is 7.75. The summed E-state index contributed by atoms with van der Waals surface area (Å²) in [7, 11) is 2.17. The lowest BCUT2D eigenvalue weighted by molar-refractivity contribution is 0.335. The van der Waals surface area contributed by atoms with Gasteiger partial charge in [0.25, 0.3) is 0 Å². The van der Waals surface area contributed by atoms with Gasteiger partial charge in [-0.2, -0.15) is 0 Å². The summed E-state index contributed by atoms with van der Waals surface area (Å²) in [5.74, 6) is 0.949. The summed E-state index contributed by atoms with van der Waals surface area (Å²) >= 11 is 3.51. The summed E-state index contributed by atoms with van der Waals surface area (Å²) in [5.41, 5.74) is 5.58. The Labute approximate surface area is 192 Å². The molecule has 0 saturated heterocycles. The quantitative estimate of drug-likeness (QED) is 0.349. The van der Waals surface area contributed by atoms with Crippen molar-refractivity contribution in [2.75, 3.05) is 20.1 Å². The van der Waals surface area contributed by atoms with Gasteiger partial charge >= 0.3 is 0 Å². The van der Waals surface area contributed by atoms with Gasteiger partial charge in [-0.25, -0.2) is 0 Å². The highest BCUT2D eigenvalue weighted by atomic mass is 79.9. The van der Waals surface area contributed by atoms with E-state index < -0.39 is 0 Å². The highest BCUT2D eigenvalue weighted by molar-refractivity contribution is 9.10. The van der Waals surface area contributed by atoms with Gasteiger partial charge in [0.1, 0.15) is 0 Å². The van der Waals surface area contributed by atoms with E-state index >= 15 is 0 Å². The zero-order valence-corrected chi connectivity index (χ0v) is 22.9. The van der Waals surface area contributed by atoms with Crippen LogP contribution in [0.3, 0.4) is 0 Å². The third-order valence-corrected chi connectivity index (χ3v) is 5.96. The lowest BCUT2D eigenvalue weighted by Crippen LogP contribution is -2.19. The predicted octanol–water partition coefficient (Wildman–Crippen LogP) is 9.53. The number of halogens is 1. The first-order valence-corrected chi connectivity index (χ1v) is 12.6. The number of hydrogen-bond donors (Lipinski definition) is 0. The minimum atomic E-state index is 0.949. The molecule has 0 heterocycles. The van der Waals surface area contributed by atoms with E-state index in [1.165, 1.54) is 67.5 Å². The van der Waals surface area contributed by atoms with Crippen LogP contribution in [0.4, 0.5) is 0 Å². The van der Waals surface area contributed by atoms with E-state index in [1.54, 1.807) is 0 Å². The molecule has 0 aliphatic heterocycles. The van der Waals surface area contributed by atoms with Gasteiger partial charge in [0.15, 0.2) is 0 Å². The highest BCUT2D eigenvalue weighted by Crippen LogP contribution is 2.26. The fourth-order valence-electron chi connectivity index (χ4n) is 3.07. The van der Waals surface area contributed by atoms with Crippen molar-refractivity contribution in [3.63, 3.8) is 0 Å². The Balaban J connectivity index is 0. The first-order chi connectivity index (χ1) is 13.7. The topological polar surface area (TPSA) is 3.24 Å². The molecule has 0 spiro atoms. The van der Waals surface area contributed by atoms with Crippen LogP contribution in [-0.4, -0.2) is 25.0 Å². The summed E-state index contributed by atoms with van der Waals surface area (Å²) in [4.78, 5) is 2.36. The van der Waals surface area contributed by atoms with Crippen LogP contribution in [-0.2, 0) is 0 Å². The first kappa shape index (κ1) is 30.6.